The number of benzene rings is 3. The van der Waals surface area contributed by atoms with Crippen LogP contribution in [0.3, 0.4) is 0 Å². The summed E-state index contributed by atoms with van der Waals surface area (Å²) in [6, 6.07) is 18.8. The molecule has 2 amide bonds. The summed E-state index contributed by atoms with van der Waals surface area (Å²) in [4.78, 5) is 28.1. The van der Waals surface area contributed by atoms with Gasteiger partial charge in [-0.2, -0.15) is 0 Å². The van der Waals surface area contributed by atoms with Crippen LogP contribution in [0.2, 0.25) is 0 Å². The number of amides is 2. The number of sulfonamides is 1. The zero-order valence-electron chi connectivity index (χ0n) is 22.5. The fourth-order valence-electron chi connectivity index (χ4n) is 3.86. The Kier molecular flexibility index (Phi) is 10.1. The number of carbonyl (C=O) groups excluding carboxylic acids is 2. The SMILES string of the molecule is CC[C@H](C)NC(=O)[C@@H](C)N(Cc1ccc(OC)cc1)C(=O)CN(c1ccccc1F)S(=O)(=O)c1ccccc1. The second-order valence-electron chi connectivity index (χ2n) is 9.14. The minimum Gasteiger partial charge on any atom is -0.497 e. The smallest absolute Gasteiger partial charge is 0.264 e. The highest BCUT2D eigenvalue weighted by atomic mass is 32.2. The van der Waals surface area contributed by atoms with Crippen LogP contribution in [0.25, 0.3) is 0 Å². The van der Waals surface area contributed by atoms with E-state index >= 15 is 0 Å². The number of methoxy groups -OCH3 is 1. The van der Waals surface area contributed by atoms with Crippen LogP contribution in [0, 0.1) is 5.82 Å². The number of anilines is 1. The van der Waals surface area contributed by atoms with Crippen LogP contribution in [0.4, 0.5) is 10.1 Å². The zero-order chi connectivity index (χ0) is 28.6. The van der Waals surface area contributed by atoms with Crippen LogP contribution < -0.4 is 14.4 Å². The van der Waals surface area contributed by atoms with E-state index in [1.54, 1.807) is 49.4 Å². The molecule has 0 aliphatic carbocycles. The van der Waals surface area contributed by atoms with Gasteiger partial charge in [0.2, 0.25) is 11.8 Å². The topological polar surface area (TPSA) is 96.0 Å². The van der Waals surface area contributed by atoms with Gasteiger partial charge in [-0.15, -0.1) is 0 Å². The maximum absolute atomic E-state index is 14.9. The van der Waals surface area contributed by atoms with Gasteiger partial charge in [0.05, 0.1) is 17.7 Å². The molecular formula is C29H34FN3O5S. The maximum atomic E-state index is 14.9. The van der Waals surface area contributed by atoms with Gasteiger partial charge in [-0.1, -0.05) is 49.4 Å². The Hall–Kier alpha value is -3.92. The minimum atomic E-state index is -4.33. The van der Waals surface area contributed by atoms with E-state index in [4.69, 9.17) is 4.74 Å². The summed E-state index contributed by atoms with van der Waals surface area (Å²) < 4.78 is 48.2. The lowest BCUT2D eigenvalue weighted by atomic mass is 10.1. The van der Waals surface area contributed by atoms with E-state index in [0.717, 1.165) is 10.4 Å². The van der Waals surface area contributed by atoms with Crippen molar-refractivity contribution in [3.8, 4) is 5.75 Å². The summed E-state index contributed by atoms with van der Waals surface area (Å²) in [6.07, 6.45) is 0.696. The fraction of sp³-hybridized carbons (Fsp3) is 0.310. The maximum Gasteiger partial charge on any atom is 0.264 e. The summed E-state index contributed by atoms with van der Waals surface area (Å²) in [5.74, 6) is -1.22. The van der Waals surface area contributed by atoms with Gasteiger partial charge in [0.25, 0.3) is 10.0 Å². The monoisotopic (exact) mass is 555 g/mol. The van der Waals surface area contributed by atoms with Gasteiger partial charge < -0.3 is 15.0 Å². The van der Waals surface area contributed by atoms with E-state index in [1.165, 1.54) is 42.3 Å². The molecule has 0 unspecified atom stereocenters. The molecule has 208 valence electrons. The predicted molar refractivity (Wildman–Crippen MR) is 148 cm³/mol. The molecule has 0 radical (unpaired) electrons. The van der Waals surface area contributed by atoms with Gasteiger partial charge in [0, 0.05) is 12.6 Å². The third kappa shape index (κ3) is 7.35. The summed E-state index contributed by atoms with van der Waals surface area (Å²) in [6.45, 7) is 4.67. The Labute approximate surface area is 229 Å². The fourth-order valence-corrected chi connectivity index (χ4v) is 5.31. The Morgan fingerprint density at radius 2 is 1.56 bits per heavy atom. The van der Waals surface area contributed by atoms with E-state index < -0.39 is 34.3 Å². The normalized spacial score (nSPS) is 12.7. The van der Waals surface area contributed by atoms with E-state index in [1.807, 2.05) is 13.8 Å². The number of hydrogen-bond donors (Lipinski definition) is 1. The number of ether oxygens (including phenoxy) is 1. The molecule has 2 atom stereocenters. The van der Waals surface area contributed by atoms with Gasteiger partial charge in [0.15, 0.2) is 0 Å². The van der Waals surface area contributed by atoms with Crippen molar-refractivity contribution < 1.29 is 27.1 Å². The number of hydrogen-bond acceptors (Lipinski definition) is 5. The van der Waals surface area contributed by atoms with Gasteiger partial charge >= 0.3 is 0 Å². The van der Waals surface area contributed by atoms with Crippen LogP contribution >= 0.6 is 0 Å². The van der Waals surface area contributed by atoms with Crippen molar-refractivity contribution in [2.75, 3.05) is 18.0 Å². The zero-order valence-corrected chi connectivity index (χ0v) is 23.3. The van der Waals surface area contributed by atoms with Crippen molar-refractivity contribution in [2.45, 2.75) is 50.7 Å². The first-order chi connectivity index (χ1) is 18.6. The van der Waals surface area contributed by atoms with Crippen LogP contribution in [0.15, 0.2) is 83.8 Å². The molecular weight excluding hydrogens is 521 g/mol. The quantitative estimate of drug-likeness (QED) is 0.358. The van der Waals surface area contributed by atoms with Crippen molar-refractivity contribution in [3.63, 3.8) is 0 Å². The van der Waals surface area contributed by atoms with Crippen LogP contribution in [0.5, 0.6) is 5.75 Å². The van der Waals surface area contributed by atoms with Gasteiger partial charge in [-0.25, -0.2) is 12.8 Å². The Balaban J connectivity index is 2.02. The summed E-state index contributed by atoms with van der Waals surface area (Å²) in [5, 5.41) is 2.87. The number of halogens is 1. The Bertz CT molecular complexity index is 1370. The molecule has 0 aliphatic rings. The lowest BCUT2D eigenvalue weighted by Crippen LogP contribution is -2.52. The summed E-state index contributed by atoms with van der Waals surface area (Å²) >= 11 is 0. The van der Waals surface area contributed by atoms with Crippen molar-refractivity contribution in [1.82, 2.24) is 10.2 Å². The van der Waals surface area contributed by atoms with E-state index in [2.05, 4.69) is 5.32 Å². The van der Waals surface area contributed by atoms with Crippen LogP contribution in [0.1, 0.15) is 32.8 Å². The first kappa shape index (κ1) is 29.6. The summed E-state index contributed by atoms with van der Waals surface area (Å²) in [5.41, 5.74) is 0.437. The number of carbonyl (C=O) groups is 2. The predicted octanol–water partition coefficient (Wildman–Crippen LogP) is 4.36. The molecule has 0 spiro atoms. The average Bonchev–Trinajstić information content (AvgIpc) is 2.95. The molecule has 8 nitrogen and oxygen atoms in total. The molecule has 10 heteroatoms. The first-order valence-electron chi connectivity index (χ1n) is 12.6. The largest absolute Gasteiger partial charge is 0.497 e. The lowest BCUT2D eigenvalue weighted by molar-refractivity contribution is -0.139. The highest BCUT2D eigenvalue weighted by Crippen LogP contribution is 2.27. The minimum absolute atomic E-state index is 0.0222. The number of nitrogens with zero attached hydrogens (tertiary/aromatic N) is 2. The average molecular weight is 556 g/mol. The number of nitrogens with one attached hydrogen (secondary N) is 1. The molecule has 0 saturated carbocycles. The van der Waals surface area contributed by atoms with Crippen LogP contribution in [-0.4, -0.2) is 50.9 Å². The van der Waals surface area contributed by atoms with Crippen molar-refractivity contribution >= 4 is 27.5 Å². The van der Waals surface area contributed by atoms with E-state index in [-0.39, 0.29) is 29.1 Å². The molecule has 3 rings (SSSR count). The molecule has 0 aromatic heterocycles. The summed E-state index contributed by atoms with van der Waals surface area (Å²) in [7, 11) is -2.79. The van der Waals surface area contributed by atoms with Crippen molar-refractivity contribution in [2.24, 2.45) is 0 Å². The second-order valence-corrected chi connectivity index (χ2v) is 11.0. The van der Waals surface area contributed by atoms with Crippen molar-refractivity contribution in [3.05, 3.63) is 90.2 Å². The van der Waals surface area contributed by atoms with E-state index in [9.17, 15) is 22.4 Å². The third-order valence-corrected chi connectivity index (χ3v) is 8.19. The molecule has 0 saturated heterocycles. The molecule has 0 fully saturated rings. The standard InChI is InChI=1S/C29H34FN3O5S/c1-5-21(2)31-29(35)22(3)32(19-23-15-17-24(38-4)18-16-23)28(34)20-33(27-14-10-9-13-26(27)30)39(36,37)25-11-7-6-8-12-25/h6-18,21-22H,5,19-20H2,1-4H3,(H,31,35)/t21-,22+/m0/s1. The first-order valence-corrected chi connectivity index (χ1v) is 14.1. The lowest BCUT2D eigenvalue weighted by Gasteiger charge is -2.32. The Morgan fingerprint density at radius 3 is 2.15 bits per heavy atom. The molecule has 0 bridgehead atoms. The highest BCUT2D eigenvalue weighted by molar-refractivity contribution is 7.92. The van der Waals surface area contributed by atoms with Gasteiger partial charge in [-0.05, 0) is 62.2 Å². The molecule has 1 N–H and O–H groups in total. The van der Waals surface area contributed by atoms with Crippen molar-refractivity contribution in [1.29, 1.82) is 0 Å². The second kappa shape index (κ2) is 13.2. The van der Waals surface area contributed by atoms with Crippen LogP contribution in [-0.2, 0) is 26.2 Å². The third-order valence-electron chi connectivity index (χ3n) is 6.41. The van der Waals surface area contributed by atoms with Gasteiger partial charge in [-0.3, -0.25) is 13.9 Å². The Morgan fingerprint density at radius 1 is 0.949 bits per heavy atom. The molecule has 3 aromatic carbocycles. The molecule has 0 aliphatic heterocycles. The van der Waals surface area contributed by atoms with Gasteiger partial charge in [0.1, 0.15) is 24.2 Å². The molecule has 3 aromatic rings. The highest BCUT2D eigenvalue weighted by Gasteiger charge is 2.33. The number of rotatable bonds is 12. The van der Waals surface area contributed by atoms with E-state index in [0.29, 0.717) is 17.7 Å². The molecule has 39 heavy (non-hydrogen) atoms. The molecule has 0 heterocycles. The number of para-hydroxylation sites is 1.